The molecular weight excluding hydrogens is 390 g/mol. The summed E-state index contributed by atoms with van der Waals surface area (Å²) in [7, 11) is 0. The number of carbonyl (C=O) groups is 2. The number of ether oxygens (including phenoxy) is 1. The number of para-hydroxylation sites is 2. The van der Waals surface area contributed by atoms with Gasteiger partial charge in [-0.05, 0) is 29.8 Å². The summed E-state index contributed by atoms with van der Waals surface area (Å²) < 4.78 is 29.8. The number of benzene rings is 3. The topological polar surface area (TPSA) is 67.4 Å². The van der Waals surface area contributed by atoms with Crippen LogP contribution in [0.25, 0.3) is 0 Å². The van der Waals surface area contributed by atoms with Gasteiger partial charge in [0.15, 0.2) is 0 Å². The Bertz CT molecular complexity index is 982. The van der Waals surface area contributed by atoms with Crippen LogP contribution in [0.5, 0.6) is 5.75 Å². The van der Waals surface area contributed by atoms with Gasteiger partial charge in [-0.2, -0.15) is 8.78 Å². The Hall–Kier alpha value is -3.74. The second kappa shape index (κ2) is 10.2. The molecule has 2 N–H and O–H groups in total. The molecule has 5 nitrogen and oxygen atoms in total. The lowest BCUT2D eigenvalue weighted by Gasteiger charge is -2.20. The molecular formula is C23H20F2N2O3. The van der Waals surface area contributed by atoms with E-state index in [2.05, 4.69) is 15.4 Å². The van der Waals surface area contributed by atoms with Crippen molar-refractivity contribution in [1.29, 1.82) is 0 Å². The van der Waals surface area contributed by atoms with Gasteiger partial charge in [-0.3, -0.25) is 9.59 Å². The number of hydrogen-bond acceptors (Lipinski definition) is 3. The van der Waals surface area contributed by atoms with Crippen molar-refractivity contribution < 1.29 is 23.1 Å². The van der Waals surface area contributed by atoms with Crippen LogP contribution < -0.4 is 15.4 Å². The molecule has 0 aromatic heterocycles. The number of alkyl halides is 2. The first kappa shape index (κ1) is 21.0. The van der Waals surface area contributed by atoms with Crippen LogP contribution >= 0.6 is 0 Å². The van der Waals surface area contributed by atoms with Gasteiger partial charge in [-0.25, -0.2) is 0 Å². The van der Waals surface area contributed by atoms with Crippen molar-refractivity contribution in [2.75, 3.05) is 5.32 Å². The van der Waals surface area contributed by atoms with Crippen molar-refractivity contribution in [2.45, 2.75) is 19.1 Å². The molecule has 0 spiro atoms. The number of anilines is 1. The average molecular weight is 410 g/mol. The van der Waals surface area contributed by atoms with E-state index in [0.29, 0.717) is 5.56 Å². The third-order valence-electron chi connectivity index (χ3n) is 4.30. The van der Waals surface area contributed by atoms with Crippen LogP contribution in [-0.2, 0) is 11.2 Å². The molecule has 7 heteroatoms. The predicted molar refractivity (Wildman–Crippen MR) is 110 cm³/mol. The molecule has 0 aliphatic carbocycles. The zero-order valence-electron chi connectivity index (χ0n) is 15.9. The maximum absolute atomic E-state index is 13.0. The van der Waals surface area contributed by atoms with E-state index >= 15 is 0 Å². The van der Waals surface area contributed by atoms with Gasteiger partial charge in [0.2, 0.25) is 5.91 Å². The maximum atomic E-state index is 13.0. The molecule has 154 valence electrons. The lowest BCUT2D eigenvalue weighted by Crippen LogP contribution is -2.45. The number of rotatable bonds is 8. The van der Waals surface area contributed by atoms with E-state index in [1.165, 1.54) is 18.2 Å². The van der Waals surface area contributed by atoms with Crippen LogP contribution in [0, 0.1) is 0 Å². The summed E-state index contributed by atoms with van der Waals surface area (Å²) in [4.78, 5) is 25.6. The van der Waals surface area contributed by atoms with E-state index in [4.69, 9.17) is 0 Å². The smallest absolute Gasteiger partial charge is 0.387 e. The predicted octanol–water partition coefficient (Wildman–Crippen LogP) is 4.27. The van der Waals surface area contributed by atoms with Crippen molar-refractivity contribution in [3.05, 3.63) is 96.1 Å². The molecule has 0 bridgehead atoms. The Labute approximate surface area is 172 Å². The summed E-state index contributed by atoms with van der Waals surface area (Å²) in [5.41, 5.74) is 1.34. The Morgan fingerprint density at radius 1 is 0.833 bits per heavy atom. The zero-order valence-corrected chi connectivity index (χ0v) is 15.9. The molecule has 0 aliphatic heterocycles. The van der Waals surface area contributed by atoms with Gasteiger partial charge >= 0.3 is 6.61 Å². The monoisotopic (exact) mass is 410 g/mol. The summed E-state index contributed by atoms with van der Waals surface area (Å²) in [5, 5.41) is 5.30. The molecule has 30 heavy (non-hydrogen) atoms. The third-order valence-corrected chi connectivity index (χ3v) is 4.30. The third kappa shape index (κ3) is 5.88. The van der Waals surface area contributed by atoms with Crippen molar-refractivity contribution in [2.24, 2.45) is 0 Å². The molecule has 2 amide bonds. The lowest BCUT2D eigenvalue weighted by atomic mass is 10.0. The highest BCUT2D eigenvalue weighted by molar-refractivity contribution is 6.01. The Morgan fingerprint density at radius 3 is 2.10 bits per heavy atom. The van der Waals surface area contributed by atoms with Gasteiger partial charge in [-0.15, -0.1) is 0 Å². The maximum Gasteiger partial charge on any atom is 0.387 e. The van der Waals surface area contributed by atoms with E-state index in [1.807, 2.05) is 30.3 Å². The summed E-state index contributed by atoms with van der Waals surface area (Å²) in [6.45, 7) is -3.03. The molecule has 0 heterocycles. The van der Waals surface area contributed by atoms with E-state index in [0.717, 1.165) is 5.56 Å². The van der Waals surface area contributed by atoms with Gasteiger partial charge in [0.1, 0.15) is 11.8 Å². The summed E-state index contributed by atoms with van der Waals surface area (Å²) in [5.74, 6) is -1.12. The van der Waals surface area contributed by atoms with Crippen LogP contribution in [0.1, 0.15) is 15.9 Å². The fraction of sp³-hybridized carbons (Fsp3) is 0.130. The van der Waals surface area contributed by atoms with E-state index in [9.17, 15) is 18.4 Å². The molecule has 0 aliphatic rings. The first-order valence-electron chi connectivity index (χ1n) is 9.27. The SMILES string of the molecule is O=C(NC(Cc1ccccc1)C(=O)Nc1ccccc1OC(F)F)c1ccccc1. The molecule has 3 aromatic carbocycles. The van der Waals surface area contributed by atoms with Crippen LogP contribution in [0.4, 0.5) is 14.5 Å². The summed E-state index contributed by atoms with van der Waals surface area (Å²) >= 11 is 0. The molecule has 0 fully saturated rings. The van der Waals surface area contributed by atoms with Gasteiger partial charge in [0.05, 0.1) is 5.69 Å². The van der Waals surface area contributed by atoms with Gasteiger partial charge < -0.3 is 15.4 Å². The number of amides is 2. The molecule has 0 radical (unpaired) electrons. The van der Waals surface area contributed by atoms with Crippen molar-refractivity contribution in [3.8, 4) is 5.75 Å². The molecule has 0 saturated heterocycles. The normalized spacial score (nSPS) is 11.6. The minimum Gasteiger partial charge on any atom is -0.433 e. The minimum atomic E-state index is -3.03. The lowest BCUT2D eigenvalue weighted by molar-refractivity contribution is -0.118. The van der Waals surface area contributed by atoms with Crippen LogP contribution in [0.3, 0.4) is 0 Å². The number of carbonyl (C=O) groups excluding carboxylic acids is 2. The van der Waals surface area contributed by atoms with Crippen molar-refractivity contribution >= 4 is 17.5 Å². The Balaban J connectivity index is 1.80. The molecule has 1 unspecified atom stereocenters. The molecule has 3 rings (SSSR count). The van der Waals surface area contributed by atoms with Crippen LogP contribution in [0.15, 0.2) is 84.9 Å². The second-order valence-electron chi connectivity index (χ2n) is 6.45. The fourth-order valence-corrected chi connectivity index (χ4v) is 2.88. The Morgan fingerprint density at radius 2 is 1.43 bits per heavy atom. The van der Waals surface area contributed by atoms with Gasteiger partial charge in [0, 0.05) is 12.0 Å². The van der Waals surface area contributed by atoms with Crippen molar-refractivity contribution in [1.82, 2.24) is 5.32 Å². The van der Waals surface area contributed by atoms with Crippen LogP contribution in [-0.4, -0.2) is 24.5 Å². The summed E-state index contributed by atoms with van der Waals surface area (Å²) in [6, 6.07) is 22.6. The quantitative estimate of drug-likeness (QED) is 0.583. The Kier molecular flexibility index (Phi) is 7.10. The van der Waals surface area contributed by atoms with Crippen LogP contribution in [0.2, 0.25) is 0 Å². The van der Waals surface area contributed by atoms with Gasteiger partial charge in [-0.1, -0.05) is 60.7 Å². The molecule has 0 saturated carbocycles. The number of halogens is 2. The van der Waals surface area contributed by atoms with E-state index in [1.54, 1.807) is 36.4 Å². The highest BCUT2D eigenvalue weighted by Gasteiger charge is 2.23. The highest BCUT2D eigenvalue weighted by atomic mass is 19.3. The molecule has 3 aromatic rings. The minimum absolute atomic E-state index is 0.0924. The number of nitrogens with one attached hydrogen (secondary N) is 2. The average Bonchev–Trinajstić information content (AvgIpc) is 2.75. The fourth-order valence-electron chi connectivity index (χ4n) is 2.88. The first-order chi connectivity index (χ1) is 14.5. The largest absolute Gasteiger partial charge is 0.433 e. The molecule has 1 atom stereocenters. The van der Waals surface area contributed by atoms with Gasteiger partial charge in [0.25, 0.3) is 5.91 Å². The van der Waals surface area contributed by atoms with E-state index in [-0.39, 0.29) is 17.9 Å². The standard InChI is InChI=1S/C23H20F2N2O3/c24-23(25)30-20-14-8-7-13-18(20)26-22(29)19(15-16-9-3-1-4-10-16)27-21(28)17-11-5-2-6-12-17/h1-14,19,23H,15H2,(H,26,29)(H,27,28). The van der Waals surface area contributed by atoms with E-state index < -0.39 is 24.5 Å². The summed E-state index contributed by atoms with van der Waals surface area (Å²) in [6.07, 6.45) is 0.225. The second-order valence-corrected chi connectivity index (χ2v) is 6.45. The number of hydrogen-bond donors (Lipinski definition) is 2. The zero-order chi connectivity index (χ0) is 21.3. The first-order valence-corrected chi connectivity index (χ1v) is 9.27. The van der Waals surface area contributed by atoms with Crippen molar-refractivity contribution in [3.63, 3.8) is 0 Å². The highest BCUT2D eigenvalue weighted by Crippen LogP contribution is 2.25.